The molecule has 0 unspecified atom stereocenters. The number of nitrogens with one attached hydrogen (secondary N) is 2. The Kier molecular flexibility index (Phi) is 5.76. The first kappa shape index (κ1) is 21.6. The minimum Gasteiger partial charge on any atom is -0.387 e. The lowest BCUT2D eigenvalue weighted by Crippen LogP contribution is -2.42. The van der Waals surface area contributed by atoms with E-state index < -0.39 is 17.7 Å². The molecule has 0 spiro atoms. The third kappa shape index (κ3) is 4.38. The number of alkyl halides is 1. The van der Waals surface area contributed by atoms with Gasteiger partial charge in [0.05, 0.1) is 47.0 Å². The molecule has 0 radical (unpaired) electrons. The SMILES string of the molecule is CC(C)(O)[C@H](F)CNC(=O)c1cnc(-c2cnc3cc(C#N)cnn23)cc1NC1CCC1. The summed E-state index contributed by atoms with van der Waals surface area (Å²) >= 11 is 0. The van der Waals surface area contributed by atoms with Gasteiger partial charge in [0, 0.05) is 18.3 Å². The first-order chi connectivity index (χ1) is 15.3. The summed E-state index contributed by atoms with van der Waals surface area (Å²) in [5, 5.41) is 29.0. The average molecular weight is 437 g/mol. The maximum absolute atomic E-state index is 14.1. The van der Waals surface area contributed by atoms with Crippen LogP contribution in [0.15, 0.2) is 30.7 Å². The fraction of sp³-hybridized carbons (Fsp3) is 0.409. The molecular formula is C22H24FN7O2. The van der Waals surface area contributed by atoms with Crippen LogP contribution in [0, 0.1) is 11.3 Å². The van der Waals surface area contributed by atoms with Crippen LogP contribution in [0.5, 0.6) is 0 Å². The minimum atomic E-state index is -1.61. The van der Waals surface area contributed by atoms with Gasteiger partial charge in [-0.2, -0.15) is 10.4 Å². The molecule has 0 bridgehead atoms. The van der Waals surface area contributed by atoms with Crippen molar-refractivity contribution in [2.24, 2.45) is 0 Å². The molecule has 1 atom stereocenters. The lowest BCUT2D eigenvalue weighted by molar-refractivity contribution is -0.00177. The van der Waals surface area contributed by atoms with E-state index in [1.54, 1.807) is 22.8 Å². The minimum absolute atomic E-state index is 0.251. The summed E-state index contributed by atoms with van der Waals surface area (Å²) < 4.78 is 15.7. The first-order valence-corrected chi connectivity index (χ1v) is 10.4. The Balaban J connectivity index is 1.64. The van der Waals surface area contributed by atoms with Gasteiger partial charge in [-0.05, 0) is 39.2 Å². The van der Waals surface area contributed by atoms with E-state index in [1.807, 2.05) is 6.07 Å². The van der Waals surface area contributed by atoms with Crippen LogP contribution in [0.3, 0.4) is 0 Å². The van der Waals surface area contributed by atoms with Crippen molar-refractivity contribution in [1.29, 1.82) is 5.26 Å². The van der Waals surface area contributed by atoms with Crippen LogP contribution in [-0.2, 0) is 0 Å². The molecule has 3 N–H and O–H groups in total. The van der Waals surface area contributed by atoms with Gasteiger partial charge in [-0.1, -0.05) is 0 Å². The molecule has 1 aliphatic carbocycles. The van der Waals surface area contributed by atoms with Crippen LogP contribution in [0.25, 0.3) is 17.0 Å². The van der Waals surface area contributed by atoms with Gasteiger partial charge in [-0.25, -0.2) is 13.9 Å². The standard InChI is InChI=1S/C22H24FN7O2/c1-22(2,32)19(23)12-27-21(31)15-10-25-17(7-16(15)29-14-4-3-5-14)18-11-26-20-6-13(8-24)9-28-30(18)20/h6-7,9-11,14,19,32H,3-5,12H2,1-2H3,(H,25,29)(H,27,31)/t19-/m1/s1. The summed E-state index contributed by atoms with van der Waals surface area (Å²) in [7, 11) is 0. The maximum atomic E-state index is 14.1. The number of nitrogens with zero attached hydrogens (tertiary/aromatic N) is 5. The molecule has 10 heteroatoms. The summed E-state index contributed by atoms with van der Waals surface area (Å²) in [5.74, 6) is -0.479. The number of fused-ring (bicyclic) bond motifs is 1. The van der Waals surface area contributed by atoms with Crippen molar-refractivity contribution < 1.29 is 14.3 Å². The highest BCUT2D eigenvalue weighted by Gasteiger charge is 2.28. The predicted octanol–water partition coefficient (Wildman–Crippen LogP) is 2.47. The van der Waals surface area contributed by atoms with E-state index in [2.05, 4.69) is 25.7 Å². The second-order valence-electron chi connectivity index (χ2n) is 8.49. The fourth-order valence-corrected chi connectivity index (χ4v) is 3.31. The van der Waals surface area contributed by atoms with Crippen LogP contribution in [0.1, 0.15) is 49.0 Å². The van der Waals surface area contributed by atoms with Gasteiger partial charge >= 0.3 is 0 Å². The Morgan fingerprint density at radius 1 is 1.34 bits per heavy atom. The van der Waals surface area contributed by atoms with Crippen LogP contribution in [0.4, 0.5) is 10.1 Å². The number of amides is 1. The molecule has 1 amide bonds. The molecule has 0 aromatic carbocycles. The van der Waals surface area contributed by atoms with Crippen molar-refractivity contribution in [2.45, 2.75) is 50.9 Å². The maximum Gasteiger partial charge on any atom is 0.255 e. The number of rotatable bonds is 7. The molecule has 32 heavy (non-hydrogen) atoms. The number of hydrogen-bond acceptors (Lipinski definition) is 7. The molecular weight excluding hydrogens is 413 g/mol. The smallest absolute Gasteiger partial charge is 0.255 e. The number of imidazole rings is 1. The third-order valence-corrected chi connectivity index (χ3v) is 5.57. The van der Waals surface area contributed by atoms with Gasteiger partial charge in [-0.15, -0.1) is 0 Å². The summed E-state index contributed by atoms with van der Waals surface area (Å²) in [6, 6.07) is 5.66. The van der Waals surface area contributed by atoms with Crippen LogP contribution >= 0.6 is 0 Å². The average Bonchev–Trinajstić information content (AvgIpc) is 3.16. The largest absolute Gasteiger partial charge is 0.387 e. The number of nitriles is 1. The van der Waals surface area contributed by atoms with E-state index in [9.17, 15) is 14.3 Å². The molecule has 4 rings (SSSR count). The van der Waals surface area contributed by atoms with E-state index in [0.29, 0.717) is 28.3 Å². The van der Waals surface area contributed by atoms with E-state index in [0.717, 1.165) is 19.3 Å². The normalized spacial score (nSPS) is 15.1. The number of aliphatic hydroxyl groups is 1. The van der Waals surface area contributed by atoms with Crippen LogP contribution in [-0.4, -0.2) is 55.0 Å². The summed E-state index contributed by atoms with van der Waals surface area (Å²) in [5.41, 5.74) is 1.39. The van der Waals surface area contributed by atoms with Crippen molar-refractivity contribution >= 4 is 17.2 Å². The summed E-state index contributed by atoms with van der Waals surface area (Å²) in [4.78, 5) is 21.5. The molecule has 3 aromatic rings. The Morgan fingerprint density at radius 3 is 2.78 bits per heavy atom. The second kappa shape index (κ2) is 8.51. The van der Waals surface area contributed by atoms with Crippen LogP contribution in [0.2, 0.25) is 0 Å². The molecule has 1 aliphatic rings. The van der Waals surface area contributed by atoms with E-state index in [-0.39, 0.29) is 18.2 Å². The van der Waals surface area contributed by atoms with Crippen molar-refractivity contribution in [1.82, 2.24) is 24.9 Å². The van der Waals surface area contributed by atoms with E-state index >= 15 is 0 Å². The van der Waals surface area contributed by atoms with Crippen molar-refractivity contribution in [3.63, 3.8) is 0 Å². The molecule has 1 fully saturated rings. The zero-order valence-electron chi connectivity index (χ0n) is 17.8. The lowest BCUT2D eigenvalue weighted by Gasteiger charge is -2.28. The number of anilines is 1. The number of carbonyl (C=O) groups is 1. The molecule has 3 heterocycles. The van der Waals surface area contributed by atoms with Gasteiger partial charge in [0.25, 0.3) is 5.91 Å². The molecule has 166 valence electrons. The predicted molar refractivity (Wildman–Crippen MR) is 116 cm³/mol. The number of carbonyl (C=O) groups excluding carboxylic acids is 1. The second-order valence-corrected chi connectivity index (χ2v) is 8.49. The Hall–Kier alpha value is -3.58. The molecule has 9 nitrogen and oxygen atoms in total. The fourth-order valence-electron chi connectivity index (χ4n) is 3.31. The van der Waals surface area contributed by atoms with Gasteiger partial charge in [0.2, 0.25) is 0 Å². The quantitative estimate of drug-likeness (QED) is 0.518. The zero-order chi connectivity index (χ0) is 22.9. The number of halogens is 1. The zero-order valence-corrected chi connectivity index (χ0v) is 17.8. The van der Waals surface area contributed by atoms with Crippen molar-refractivity contribution in [2.75, 3.05) is 11.9 Å². The van der Waals surface area contributed by atoms with Crippen LogP contribution < -0.4 is 10.6 Å². The van der Waals surface area contributed by atoms with E-state index in [4.69, 9.17) is 5.26 Å². The molecule has 0 aliphatic heterocycles. The van der Waals surface area contributed by atoms with Crippen molar-refractivity contribution in [3.8, 4) is 17.5 Å². The Labute approximate surface area is 184 Å². The number of pyridine rings is 1. The number of aromatic nitrogens is 4. The first-order valence-electron chi connectivity index (χ1n) is 10.4. The van der Waals surface area contributed by atoms with E-state index in [1.165, 1.54) is 26.2 Å². The topological polar surface area (TPSA) is 128 Å². The summed E-state index contributed by atoms with van der Waals surface area (Å²) in [6.07, 6.45) is 6.00. The highest BCUT2D eigenvalue weighted by Crippen LogP contribution is 2.29. The van der Waals surface area contributed by atoms with Crippen molar-refractivity contribution in [3.05, 3.63) is 41.9 Å². The monoisotopic (exact) mass is 437 g/mol. The van der Waals surface area contributed by atoms with Gasteiger partial charge in [0.15, 0.2) is 5.65 Å². The highest BCUT2D eigenvalue weighted by molar-refractivity contribution is 6.00. The highest BCUT2D eigenvalue weighted by atomic mass is 19.1. The van der Waals surface area contributed by atoms with Gasteiger partial charge < -0.3 is 15.7 Å². The van der Waals surface area contributed by atoms with Gasteiger partial charge in [0.1, 0.15) is 17.9 Å². The summed E-state index contributed by atoms with van der Waals surface area (Å²) in [6.45, 7) is 2.39. The number of hydrogen-bond donors (Lipinski definition) is 3. The molecule has 3 aromatic heterocycles. The lowest BCUT2D eigenvalue weighted by atomic mass is 9.92. The molecule has 0 saturated heterocycles. The third-order valence-electron chi connectivity index (χ3n) is 5.57. The molecule has 1 saturated carbocycles. The van der Waals surface area contributed by atoms with Gasteiger partial charge in [-0.3, -0.25) is 9.78 Å². The Morgan fingerprint density at radius 2 is 2.12 bits per heavy atom. The Bertz CT molecular complexity index is 1190.